The van der Waals surface area contributed by atoms with Crippen molar-refractivity contribution in [2.45, 2.75) is 19.1 Å². The van der Waals surface area contributed by atoms with Gasteiger partial charge in [0.15, 0.2) is 6.10 Å². The van der Waals surface area contributed by atoms with Crippen LogP contribution in [0.4, 0.5) is 0 Å². The molecular formula is C8H8MgO7. The number of aliphatic hydroxyl groups excluding tert-OH is 1. The molecule has 0 saturated heterocycles. The van der Waals surface area contributed by atoms with Gasteiger partial charge in [-0.2, -0.15) is 0 Å². The van der Waals surface area contributed by atoms with Crippen molar-refractivity contribution < 1.29 is 34.4 Å². The van der Waals surface area contributed by atoms with Crippen LogP contribution in [0.2, 0.25) is 0 Å². The van der Waals surface area contributed by atoms with Gasteiger partial charge in [-0.1, -0.05) is 6.58 Å². The average molecular weight is 240 g/mol. The number of hydrogen-bond donors (Lipinski definition) is 1. The number of aliphatic carboxylic acids is 2. The van der Waals surface area contributed by atoms with Crippen molar-refractivity contribution in [1.82, 2.24) is 0 Å². The maximum atomic E-state index is 10.8. The molecule has 7 nitrogen and oxygen atoms in total. The van der Waals surface area contributed by atoms with Gasteiger partial charge in [0.2, 0.25) is 0 Å². The first kappa shape index (κ1) is 17.3. The molecule has 0 aromatic heterocycles. The summed E-state index contributed by atoms with van der Waals surface area (Å²) in [6.45, 7) is 4.36. The molecule has 0 heterocycles. The molecule has 0 fully saturated rings. The molecule has 1 N–H and O–H groups in total. The zero-order valence-corrected chi connectivity index (χ0v) is 9.88. The molecule has 2 atom stereocenters. The van der Waals surface area contributed by atoms with E-state index in [9.17, 15) is 24.6 Å². The van der Waals surface area contributed by atoms with Gasteiger partial charge in [-0.25, -0.2) is 4.79 Å². The first-order chi connectivity index (χ1) is 6.77. The van der Waals surface area contributed by atoms with Gasteiger partial charge in [0.1, 0.15) is 6.10 Å². The van der Waals surface area contributed by atoms with Crippen LogP contribution in [0.1, 0.15) is 6.92 Å². The molecule has 0 amide bonds. The summed E-state index contributed by atoms with van der Waals surface area (Å²) in [5.41, 5.74) is -0.146. The summed E-state index contributed by atoms with van der Waals surface area (Å²) in [7, 11) is 0. The molecule has 0 bridgehead atoms. The van der Waals surface area contributed by atoms with E-state index < -0.39 is 30.1 Å². The Balaban J connectivity index is 0. The van der Waals surface area contributed by atoms with Gasteiger partial charge in [0, 0.05) is 5.57 Å². The van der Waals surface area contributed by atoms with E-state index in [0.29, 0.717) is 0 Å². The SMILES string of the molecule is C=C(C)C(=O)OC(C(=O)[O-])C(O)C(=O)[O-].[Mg+2]. The molecule has 0 spiro atoms. The minimum Gasteiger partial charge on any atom is -0.547 e. The number of carboxylic acid groups (broad SMARTS) is 2. The Morgan fingerprint density at radius 2 is 1.69 bits per heavy atom. The molecule has 0 radical (unpaired) electrons. The standard InChI is InChI=1S/C8H10O7.Mg/c1-3(2)8(14)15-5(7(12)13)4(9)6(10)11;/h4-5,9H,1H2,2H3,(H,10,11)(H,12,13);/q;+2/p-2. The zero-order valence-electron chi connectivity index (χ0n) is 8.47. The van der Waals surface area contributed by atoms with E-state index in [2.05, 4.69) is 11.3 Å². The van der Waals surface area contributed by atoms with Crippen molar-refractivity contribution in [2.75, 3.05) is 0 Å². The largest absolute Gasteiger partial charge is 2.00 e. The predicted octanol–water partition coefficient (Wildman–Crippen LogP) is -4.05. The molecule has 16 heavy (non-hydrogen) atoms. The zero-order chi connectivity index (χ0) is 12.2. The number of esters is 1. The van der Waals surface area contributed by atoms with Crippen molar-refractivity contribution in [2.24, 2.45) is 0 Å². The van der Waals surface area contributed by atoms with Crippen molar-refractivity contribution in [3.05, 3.63) is 12.2 Å². The molecule has 0 aromatic carbocycles. The molecule has 0 saturated carbocycles. The average Bonchev–Trinajstić information content (AvgIpc) is 2.11. The fraction of sp³-hybridized carbons (Fsp3) is 0.375. The van der Waals surface area contributed by atoms with Crippen molar-refractivity contribution in [1.29, 1.82) is 0 Å². The second kappa shape index (κ2) is 7.20. The Hall–Kier alpha value is -1.12. The Kier molecular flexibility index (Phi) is 7.77. The third-order valence-corrected chi connectivity index (χ3v) is 1.34. The first-order valence-corrected chi connectivity index (χ1v) is 3.73. The Morgan fingerprint density at radius 1 is 1.25 bits per heavy atom. The fourth-order valence-corrected chi connectivity index (χ4v) is 0.581. The van der Waals surface area contributed by atoms with E-state index >= 15 is 0 Å². The number of carbonyl (C=O) groups excluding carboxylic acids is 3. The van der Waals surface area contributed by atoms with Gasteiger partial charge in [-0.3, -0.25) is 0 Å². The molecule has 2 unspecified atom stereocenters. The Bertz CT molecular complexity index is 312. The van der Waals surface area contributed by atoms with Crippen LogP contribution in [0.15, 0.2) is 12.2 Å². The maximum Gasteiger partial charge on any atom is 2.00 e. The molecule has 0 rings (SSSR count). The normalized spacial score (nSPS) is 12.9. The van der Waals surface area contributed by atoms with Crippen LogP contribution in [-0.2, 0) is 19.1 Å². The van der Waals surface area contributed by atoms with Crippen molar-refractivity contribution in [3.8, 4) is 0 Å². The molecule has 0 aliphatic rings. The van der Waals surface area contributed by atoms with Crippen molar-refractivity contribution in [3.63, 3.8) is 0 Å². The molecule has 0 aliphatic heterocycles. The van der Waals surface area contributed by atoms with Gasteiger partial charge in [0.25, 0.3) is 0 Å². The topological polar surface area (TPSA) is 127 Å². The summed E-state index contributed by atoms with van der Waals surface area (Å²) >= 11 is 0. The molecule has 84 valence electrons. The summed E-state index contributed by atoms with van der Waals surface area (Å²) in [6.07, 6.45) is -4.81. The number of aliphatic hydroxyl groups is 1. The summed E-state index contributed by atoms with van der Waals surface area (Å²) < 4.78 is 4.13. The smallest absolute Gasteiger partial charge is 0.547 e. The van der Waals surface area contributed by atoms with Gasteiger partial charge in [-0.15, -0.1) is 0 Å². The summed E-state index contributed by atoms with van der Waals surface area (Å²) in [6, 6.07) is 0. The van der Waals surface area contributed by atoms with Crippen LogP contribution < -0.4 is 10.2 Å². The molecule has 0 aromatic rings. The molecule has 0 aliphatic carbocycles. The van der Waals surface area contributed by atoms with E-state index in [4.69, 9.17) is 5.11 Å². The number of ether oxygens (including phenoxy) is 1. The number of carboxylic acids is 2. The van der Waals surface area contributed by atoms with Crippen LogP contribution in [0, 0.1) is 0 Å². The van der Waals surface area contributed by atoms with Crippen LogP contribution in [0.3, 0.4) is 0 Å². The van der Waals surface area contributed by atoms with Crippen LogP contribution in [-0.4, -0.2) is 58.3 Å². The number of hydrogen-bond acceptors (Lipinski definition) is 7. The first-order valence-electron chi connectivity index (χ1n) is 3.73. The monoisotopic (exact) mass is 240 g/mol. The summed E-state index contributed by atoms with van der Waals surface area (Å²) in [4.78, 5) is 31.3. The minimum atomic E-state index is -2.49. The predicted molar refractivity (Wildman–Crippen MR) is 46.5 cm³/mol. The fourth-order valence-electron chi connectivity index (χ4n) is 0.581. The van der Waals surface area contributed by atoms with E-state index in [1.165, 1.54) is 6.92 Å². The van der Waals surface area contributed by atoms with E-state index in [0.717, 1.165) is 0 Å². The van der Waals surface area contributed by atoms with E-state index in [-0.39, 0.29) is 28.6 Å². The molecular weight excluding hydrogens is 232 g/mol. The summed E-state index contributed by atoms with van der Waals surface area (Å²) in [5.74, 6) is -5.27. The quantitative estimate of drug-likeness (QED) is 0.294. The van der Waals surface area contributed by atoms with Crippen LogP contribution in [0.5, 0.6) is 0 Å². The third kappa shape index (κ3) is 5.10. The summed E-state index contributed by atoms with van der Waals surface area (Å²) in [5, 5.41) is 29.3. The van der Waals surface area contributed by atoms with Gasteiger partial charge in [0.05, 0.1) is 11.9 Å². The van der Waals surface area contributed by atoms with Gasteiger partial charge >= 0.3 is 29.0 Å². The van der Waals surface area contributed by atoms with E-state index in [1.54, 1.807) is 0 Å². The van der Waals surface area contributed by atoms with Crippen LogP contribution in [0.25, 0.3) is 0 Å². The van der Waals surface area contributed by atoms with Crippen molar-refractivity contribution >= 4 is 41.0 Å². The van der Waals surface area contributed by atoms with Gasteiger partial charge in [-0.05, 0) is 6.92 Å². The number of rotatable bonds is 5. The Labute approximate surface area is 107 Å². The Morgan fingerprint density at radius 3 is 1.94 bits per heavy atom. The maximum absolute atomic E-state index is 10.8. The van der Waals surface area contributed by atoms with Crippen LogP contribution >= 0.6 is 0 Å². The van der Waals surface area contributed by atoms with E-state index in [1.807, 2.05) is 0 Å². The number of carbonyl (C=O) groups is 3. The minimum absolute atomic E-state index is 0. The molecule has 8 heteroatoms. The second-order valence-corrected chi connectivity index (χ2v) is 2.69. The van der Waals surface area contributed by atoms with Gasteiger partial charge < -0.3 is 29.6 Å². The second-order valence-electron chi connectivity index (χ2n) is 2.69. The third-order valence-electron chi connectivity index (χ3n) is 1.34.